The third-order valence-corrected chi connectivity index (χ3v) is 6.90. The number of amides is 1. The second kappa shape index (κ2) is 14.9. The van der Waals surface area contributed by atoms with Crippen LogP contribution in [0.5, 0.6) is 0 Å². The summed E-state index contributed by atoms with van der Waals surface area (Å²) in [5.41, 5.74) is 13.2. The summed E-state index contributed by atoms with van der Waals surface area (Å²) in [5.74, 6) is -2.98. The number of nitrogens with zero attached hydrogens (tertiary/aromatic N) is 4. The second-order valence-corrected chi connectivity index (χ2v) is 10.4. The van der Waals surface area contributed by atoms with Crippen LogP contribution in [0, 0.1) is 6.92 Å². The highest BCUT2D eigenvalue weighted by Crippen LogP contribution is 2.28. The molecule has 0 bridgehead atoms. The molecule has 2 fully saturated rings. The van der Waals surface area contributed by atoms with Crippen molar-refractivity contribution < 1.29 is 50.9 Å². The molecule has 1 amide bonds. The number of carbonyl (C=O) groups is 3. The summed E-state index contributed by atoms with van der Waals surface area (Å²) in [7, 11) is 0. The van der Waals surface area contributed by atoms with E-state index in [1.807, 2.05) is 19.1 Å². The number of thioether (sulfide) groups is 1. The highest BCUT2D eigenvalue weighted by atomic mass is 32.2. The van der Waals surface area contributed by atoms with Gasteiger partial charge in [0.1, 0.15) is 5.82 Å². The molecule has 2 aromatic rings. The molecule has 1 aromatic heterocycles. The average Bonchev–Trinajstić information content (AvgIpc) is 3.44. The van der Waals surface area contributed by atoms with Crippen molar-refractivity contribution in [3.8, 4) is 0 Å². The molecule has 4 rings (SSSR count). The average molecular weight is 642 g/mol. The molecule has 12 nitrogen and oxygen atoms in total. The van der Waals surface area contributed by atoms with Crippen molar-refractivity contribution in [3.63, 3.8) is 0 Å². The fraction of sp³-hybridized carbons (Fsp3) is 0.500. The first-order chi connectivity index (χ1) is 19.9. The van der Waals surface area contributed by atoms with Gasteiger partial charge < -0.3 is 31.9 Å². The number of rotatable bonds is 4. The van der Waals surface area contributed by atoms with Gasteiger partial charge in [-0.25, -0.2) is 24.5 Å². The monoisotopic (exact) mass is 641 g/mol. The van der Waals surface area contributed by atoms with E-state index < -0.39 is 24.3 Å². The van der Waals surface area contributed by atoms with Gasteiger partial charge >= 0.3 is 24.3 Å². The Hall–Kier alpha value is -4.03. The molecule has 2 heterocycles. The van der Waals surface area contributed by atoms with Gasteiger partial charge in [0.15, 0.2) is 5.96 Å². The molecule has 0 spiro atoms. The molecule has 1 saturated carbocycles. The first-order valence-corrected chi connectivity index (χ1v) is 13.7. The quantitative estimate of drug-likeness (QED) is 0.187. The number of aryl methyl sites for hydroxylation is 1. The van der Waals surface area contributed by atoms with Crippen LogP contribution in [0.25, 0.3) is 10.9 Å². The van der Waals surface area contributed by atoms with Gasteiger partial charge in [-0.2, -0.15) is 26.3 Å². The lowest BCUT2D eigenvalue weighted by Crippen LogP contribution is -2.38. The molecule has 238 valence electrons. The lowest BCUT2D eigenvalue weighted by Gasteiger charge is -2.30. The molecule has 1 saturated heterocycles. The van der Waals surface area contributed by atoms with E-state index in [1.54, 1.807) is 16.7 Å². The molecule has 2 unspecified atom stereocenters. The van der Waals surface area contributed by atoms with Crippen molar-refractivity contribution in [1.82, 2.24) is 14.9 Å². The Kier molecular flexibility index (Phi) is 12.2. The summed E-state index contributed by atoms with van der Waals surface area (Å²) in [6.45, 7) is 2.77. The third-order valence-electron chi connectivity index (χ3n) is 5.93. The van der Waals surface area contributed by atoms with E-state index in [9.17, 15) is 31.1 Å². The molecule has 0 radical (unpaired) electrons. The summed E-state index contributed by atoms with van der Waals surface area (Å²) in [6, 6.07) is 6.06. The summed E-state index contributed by atoms with van der Waals surface area (Å²) in [6.07, 6.45) is -6.09. The molecular formula is C24H29F6N7O5S. The minimum atomic E-state index is -5.08. The van der Waals surface area contributed by atoms with Gasteiger partial charge in [-0.15, -0.1) is 11.8 Å². The number of hydrogen-bond acceptors (Lipinski definition) is 8. The smallest absolute Gasteiger partial charge is 0.475 e. The Morgan fingerprint density at radius 3 is 2.12 bits per heavy atom. The third kappa shape index (κ3) is 11.0. The normalized spacial score (nSPS) is 18.4. The van der Waals surface area contributed by atoms with Crippen LogP contribution in [0.15, 0.2) is 23.2 Å². The molecule has 1 aromatic carbocycles. The first kappa shape index (κ1) is 35.2. The molecule has 43 heavy (non-hydrogen) atoms. The van der Waals surface area contributed by atoms with E-state index in [2.05, 4.69) is 26.3 Å². The molecule has 2 atom stereocenters. The summed E-state index contributed by atoms with van der Waals surface area (Å²) >= 11 is 1.74. The number of aliphatic carboxylic acids is 2. The first-order valence-electron chi connectivity index (χ1n) is 12.5. The summed E-state index contributed by atoms with van der Waals surface area (Å²) < 4.78 is 63.5. The van der Waals surface area contributed by atoms with E-state index >= 15 is 0 Å². The van der Waals surface area contributed by atoms with Crippen LogP contribution >= 0.6 is 11.8 Å². The largest absolute Gasteiger partial charge is 0.490 e. The number of fused-ring (bicyclic) bond motifs is 1. The van der Waals surface area contributed by atoms with Crippen LogP contribution in [0.1, 0.15) is 41.9 Å². The van der Waals surface area contributed by atoms with Crippen molar-refractivity contribution in [1.29, 1.82) is 0 Å². The SMILES string of the molecule is Cc1ccc2nc(C(=O)N3CCSC3)nc(NC3CCCCC3N=C(N)N)c2c1.O=C(O)C(F)(F)F.O=C(O)C(F)(F)F. The van der Waals surface area contributed by atoms with Crippen molar-refractivity contribution in [2.24, 2.45) is 16.5 Å². The maximum atomic E-state index is 12.9. The Morgan fingerprint density at radius 1 is 1.02 bits per heavy atom. The zero-order chi connectivity index (χ0) is 32.5. The molecular weight excluding hydrogens is 612 g/mol. The lowest BCUT2D eigenvalue weighted by molar-refractivity contribution is -0.193. The molecule has 1 aliphatic heterocycles. The number of aliphatic imine (C=N–C) groups is 1. The van der Waals surface area contributed by atoms with Crippen molar-refractivity contribution in [2.75, 3.05) is 23.5 Å². The second-order valence-electron chi connectivity index (χ2n) is 9.28. The molecule has 7 N–H and O–H groups in total. The Balaban J connectivity index is 0.000000384. The zero-order valence-corrected chi connectivity index (χ0v) is 23.4. The lowest BCUT2D eigenvalue weighted by atomic mass is 9.90. The number of benzene rings is 1. The maximum Gasteiger partial charge on any atom is 0.490 e. The van der Waals surface area contributed by atoms with E-state index in [1.165, 1.54) is 0 Å². The highest BCUT2D eigenvalue weighted by molar-refractivity contribution is 7.99. The number of carboxylic acid groups (broad SMARTS) is 2. The minimum absolute atomic E-state index is 0.00212. The number of hydrogen-bond donors (Lipinski definition) is 5. The molecule has 1 aliphatic carbocycles. The number of halogens is 6. The van der Waals surface area contributed by atoms with E-state index in [0.717, 1.165) is 54.4 Å². The molecule has 19 heteroatoms. The minimum Gasteiger partial charge on any atom is -0.475 e. The summed E-state index contributed by atoms with van der Waals surface area (Å²) in [5, 5.41) is 18.7. The number of carboxylic acids is 2. The molecule has 2 aliphatic rings. The van der Waals surface area contributed by atoms with Crippen molar-refractivity contribution >= 4 is 52.3 Å². The van der Waals surface area contributed by atoms with Crippen LogP contribution in [-0.2, 0) is 9.59 Å². The van der Waals surface area contributed by atoms with Crippen LogP contribution < -0.4 is 16.8 Å². The number of alkyl halides is 6. The Labute approximate surface area is 244 Å². The fourth-order valence-corrected chi connectivity index (χ4v) is 4.91. The van der Waals surface area contributed by atoms with Gasteiger partial charge in [-0.1, -0.05) is 24.5 Å². The number of nitrogens with two attached hydrogens (primary N) is 2. The van der Waals surface area contributed by atoms with Crippen molar-refractivity contribution in [2.45, 2.75) is 57.0 Å². The van der Waals surface area contributed by atoms with Gasteiger partial charge in [-0.05, 0) is 31.9 Å². The summed E-state index contributed by atoms with van der Waals surface area (Å²) in [4.78, 5) is 46.2. The Bertz CT molecular complexity index is 1310. The van der Waals surface area contributed by atoms with Gasteiger partial charge in [0.25, 0.3) is 5.91 Å². The number of carbonyl (C=O) groups excluding carboxylic acids is 1. The number of anilines is 1. The van der Waals surface area contributed by atoms with Gasteiger partial charge in [0, 0.05) is 17.7 Å². The predicted molar refractivity (Wildman–Crippen MR) is 145 cm³/mol. The number of nitrogens with one attached hydrogen (secondary N) is 1. The maximum absolute atomic E-state index is 12.9. The van der Waals surface area contributed by atoms with E-state index in [0.29, 0.717) is 11.7 Å². The predicted octanol–water partition coefficient (Wildman–Crippen LogP) is 3.35. The highest BCUT2D eigenvalue weighted by Gasteiger charge is 2.39. The van der Waals surface area contributed by atoms with Crippen molar-refractivity contribution in [3.05, 3.63) is 29.6 Å². The van der Waals surface area contributed by atoms with Crippen LogP contribution in [0.3, 0.4) is 0 Å². The van der Waals surface area contributed by atoms with Crippen LogP contribution in [-0.4, -0.2) is 91.5 Å². The van der Waals surface area contributed by atoms with Gasteiger partial charge in [0.2, 0.25) is 5.82 Å². The van der Waals surface area contributed by atoms with E-state index in [4.69, 9.17) is 31.3 Å². The zero-order valence-electron chi connectivity index (χ0n) is 22.6. The van der Waals surface area contributed by atoms with Gasteiger partial charge in [-0.3, -0.25) is 4.79 Å². The van der Waals surface area contributed by atoms with Crippen LogP contribution in [0.4, 0.5) is 32.2 Å². The van der Waals surface area contributed by atoms with Gasteiger partial charge in [0.05, 0.1) is 23.5 Å². The number of guanidine groups is 1. The fourth-order valence-electron chi connectivity index (χ4n) is 3.96. The Morgan fingerprint density at radius 2 is 1.60 bits per heavy atom. The topological polar surface area (TPSA) is 197 Å². The number of aromatic nitrogens is 2. The van der Waals surface area contributed by atoms with Crippen LogP contribution in [0.2, 0.25) is 0 Å². The standard InChI is InChI=1S/C20H27N7OS.2C2HF3O2/c1-12-6-7-14-13(10-12)17(24-15-4-2-3-5-16(15)25-20(21)22)26-18(23-14)19(28)27-8-9-29-11-27;2*3-2(4,5)1(6)7/h6-7,10,15-16H,2-5,8-9,11H2,1H3,(H4,21,22,25)(H,23,24,26);2*(H,6,7). The van der Waals surface area contributed by atoms with E-state index in [-0.39, 0.29) is 29.8 Å².